The van der Waals surface area contributed by atoms with Gasteiger partial charge < -0.3 is 105 Å². The molecule has 0 radical (unpaired) electrons. The predicted molar refractivity (Wildman–Crippen MR) is 134 cm³/mol. The van der Waals surface area contributed by atoms with Crippen LogP contribution in [-0.4, -0.2) is 221 Å². The molecule has 4 aliphatic heterocycles. The summed E-state index contributed by atoms with van der Waals surface area (Å²) in [5, 5.41) is 142. The van der Waals surface area contributed by atoms with E-state index in [2.05, 4.69) is 0 Å². The van der Waals surface area contributed by atoms with Crippen LogP contribution in [0.15, 0.2) is 0 Å². The lowest BCUT2D eigenvalue weighted by atomic mass is 9.97. The maximum Gasteiger partial charge on any atom is 0.224 e. The first-order valence-corrected chi connectivity index (χ1v) is 14.1. The molecule has 21 heteroatoms. The van der Waals surface area contributed by atoms with Gasteiger partial charge in [-0.15, -0.1) is 0 Å². The molecule has 0 aromatic heterocycles. The Bertz CT molecular complexity index is 931. The van der Waals surface area contributed by atoms with Gasteiger partial charge in [0.05, 0.1) is 26.4 Å². The fraction of sp³-hybridized carbons (Fsp3) is 1.00. The first-order chi connectivity index (χ1) is 21.2. The zero-order valence-corrected chi connectivity index (χ0v) is 23.5. The van der Waals surface area contributed by atoms with Gasteiger partial charge in [0.2, 0.25) is 5.79 Å². The highest BCUT2D eigenvalue weighted by molar-refractivity contribution is 4.99. The first kappa shape index (κ1) is 37.0. The molecule has 0 amide bonds. The molecule has 14 N–H and O–H groups in total. The number of aliphatic hydroxyl groups is 14. The van der Waals surface area contributed by atoms with E-state index in [-0.39, 0.29) is 0 Å². The van der Waals surface area contributed by atoms with Crippen LogP contribution in [0.1, 0.15) is 0 Å². The lowest BCUT2D eigenvalue weighted by Gasteiger charge is -2.47. The normalized spacial score (nSPS) is 52.7. The molecule has 19 atom stereocenters. The lowest BCUT2D eigenvalue weighted by molar-refractivity contribution is -0.392. The average molecular weight is 667 g/mol. The molecular weight excluding hydrogens is 624 g/mol. The minimum atomic E-state index is -2.45. The van der Waals surface area contributed by atoms with Crippen molar-refractivity contribution in [1.29, 1.82) is 0 Å². The van der Waals surface area contributed by atoms with E-state index in [0.29, 0.717) is 0 Å². The molecule has 4 rings (SSSR count). The monoisotopic (exact) mass is 666 g/mol. The summed E-state index contributed by atoms with van der Waals surface area (Å²) in [4.78, 5) is 0. The van der Waals surface area contributed by atoms with E-state index in [1.54, 1.807) is 0 Å². The summed E-state index contributed by atoms with van der Waals surface area (Å²) in [7, 11) is 0. The smallest absolute Gasteiger partial charge is 0.224 e. The maximum absolute atomic E-state index is 10.8. The van der Waals surface area contributed by atoms with Crippen LogP contribution < -0.4 is 0 Å². The molecule has 4 aliphatic rings. The van der Waals surface area contributed by atoms with E-state index in [0.717, 1.165) is 0 Å². The van der Waals surface area contributed by atoms with Crippen LogP contribution in [0.3, 0.4) is 0 Å². The lowest BCUT2D eigenvalue weighted by Crippen LogP contribution is -2.65. The fourth-order valence-electron chi connectivity index (χ4n) is 5.48. The second kappa shape index (κ2) is 15.1. The maximum atomic E-state index is 10.8. The summed E-state index contributed by atoms with van der Waals surface area (Å²) in [6, 6.07) is 0. The van der Waals surface area contributed by atoms with Crippen LogP contribution in [0.4, 0.5) is 0 Å². The predicted octanol–water partition coefficient (Wildman–Crippen LogP) is -9.75. The molecule has 0 unspecified atom stereocenters. The van der Waals surface area contributed by atoms with Gasteiger partial charge in [0.25, 0.3) is 0 Å². The quantitative estimate of drug-likeness (QED) is 0.0973. The molecule has 0 saturated carbocycles. The van der Waals surface area contributed by atoms with Crippen LogP contribution in [-0.2, 0) is 33.2 Å². The molecule has 264 valence electrons. The molecule has 4 saturated heterocycles. The Labute approximate surface area is 254 Å². The summed E-state index contributed by atoms with van der Waals surface area (Å²) in [6.45, 7) is -4.33. The number of hydrogen-bond donors (Lipinski definition) is 14. The van der Waals surface area contributed by atoms with Crippen molar-refractivity contribution in [2.24, 2.45) is 0 Å². The van der Waals surface area contributed by atoms with Crippen LogP contribution in [0.2, 0.25) is 0 Å². The minimum Gasteiger partial charge on any atom is -0.394 e. The Hall–Kier alpha value is -0.840. The molecular formula is C24H42O21. The van der Waals surface area contributed by atoms with Gasteiger partial charge in [-0.1, -0.05) is 0 Å². The van der Waals surface area contributed by atoms with E-state index in [9.17, 15) is 71.5 Å². The SMILES string of the molecule is OC[C@H]1O[C@H](O[C@H]2[C@@H](OC[C@H]3O[C@H](O[C@@]4(CO)O[C@H](CO)[C@@H](O)[C@@H]4O)[C@H](O)[C@@H](O)[C@@H]3O)O[C@H](CO)[C@H](O)[C@@H]2O)[C@H](O)[C@@H](O)[C@H]1O. The fourth-order valence-corrected chi connectivity index (χ4v) is 5.48. The van der Waals surface area contributed by atoms with Crippen molar-refractivity contribution < 1.29 is 105 Å². The molecule has 0 spiro atoms. The highest BCUT2D eigenvalue weighted by atomic mass is 16.8. The molecule has 0 aromatic rings. The van der Waals surface area contributed by atoms with Gasteiger partial charge in [-0.3, -0.25) is 0 Å². The zero-order valence-electron chi connectivity index (χ0n) is 23.5. The van der Waals surface area contributed by atoms with Gasteiger partial charge in [-0.05, 0) is 0 Å². The van der Waals surface area contributed by atoms with Crippen molar-refractivity contribution in [3.63, 3.8) is 0 Å². The molecule has 0 aliphatic carbocycles. The average Bonchev–Trinajstić information content (AvgIpc) is 3.28. The molecule has 0 bridgehead atoms. The van der Waals surface area contributed by atoms with Gasteiger partial charge in [0, 0.05) is 0 Å². The zero-order chi connectivity index (χ0) is 33.4. The van der Waals surface area contributed by atoms with Crippen molar-refractivity contribution in [3.05, 3.63) is 0 Å². The Kier molecular flexibility index (Phi) is 12.5. The first-order valence-electron chi connectivity index (χ1n) is 14.1. The summed E-state index contributed by atoms with van der Waals surface area (Å²) >= 11 is 0. The van der Waals surface area contributed by atoms with Crippen molar-refractivity contribution in [2.75, 3.05) is 33.0 Å². The van der Waals surface area contributed by atoms with E-state index in [4.69, 9.17) is 33.2 Å². The summed E-state index contributed by atoms with van der Waals surface area (Å²) < 4.78 is 38.1. The van der Waals surface area contributed by atoms with Gasteiger partial charge >= 0.3 is 0 Å². The van der Waals surface area contributed by atoms with Crippen LogP contribution in [0.25, 0.3) is 0 Å². The largest absolute Gasteiger partial charge is 0.394 e. The van der Waals surface area contributed by atoms with Crippen molar-refractivity contribution in [3.8, 4) is 0 Å². The number of hydrogen-bond acceptors (Lipinski definition) is 21. The van der Waals surface area contributed by atoms with Gasteiger partial charge in [0.1, 0.15) is 98.2 Å². The van der Waals surface area contributed by atoms with Crippen LogP contribution in [0, 0.1) is 0 Å². The minimum absolute atomic E-state index is 0.775. The highest BCUT2D eigenvalue weighted by Crippen LogP contribution is 2.36. The van der Waals surface area contributed by atoms with Gasteiger partial charge in [-0.25, -0.2) is 0 Å². The summed E-state index contributed by atoms with van der Waals surface area (Å²) in [5.41, 5.74) is 0. The third kappa shape index (κ3) is 7.15. The van der Waals surface area contributed by atoms with E-state index in [1.165, 1.54) is 0 Å². The summed E-state index contributed by atoms with van der Waals surface area (Å²) in [5.74, 6) is -2.45. The Morgan fingerprint density at radius 3 is 1.51 bits per heavy atom. The molecule has 45 heavy (non-hydrogen) atoms. The third-order valence-corrected chi connectivity index (χ3v) is 8.28. The van der Waals surface area contributed by atoms with Crippen molar-refractivity contribution in [2.45, 2.75) is 116 Å². The Balaban J connectivity index is 1.49. The number of ether oxygens (including phenoxy) is 7. The van der Waals surface area contributed by atoms with Crippen molar-refractivity contribution in [1.82, 2.24) is 0 Å². The van der Waals surface area contributed by atoms with E-state index in [1.807, 2.05) is 0 Å². The van der Waals surface area contributed by atoms with E-state index >= 15 is 0 Å². The Morgan fingerprint density at radius 2 is 0.978 bits per heavy atom. The van der Waals surface area contributed by atoms with Gasteiger partial charge in [0.15, 0.2) is 18.9 Å². The molecule has 4 fully saturated rings. The number of rotatable bonds is 11. The Morgan fingerprint density at radius 1 is 0.489 bits per heavy atom. The van der Waals surface area contributed by atoms with Crippen LogP contribution in [0.5, 0.6) is 0 Å². The molecule has 4 heterocycles. The second-order valence-electron chi connectivity index (χ2n) is 11.2. The van der Waals surface area contributed by atoms with Crippen molar-refractivity contribution >= 4 is 0 Å². The standard InChI is InChI=1S/C24H42O21/c25-1-6-10(29)14(33)17(36)21(40-6)43-19-16(35)11(30)7(2-26)41-23(19)39-4-9-12(31)15(34)18(37)22(42-9)45-24(5-28)20(38)13(32)8(3-27)44-24/h6-23,25-38H,1-5H2/t6-,7-,8-,9-,10+,11+,12-,13-,14+,15+,16+,17-,18-,19-,20+,21-,22-,23+,24-/m1/s1. The molecule has 21 nitrogen and oxygen atoms in total. The van der Waals surface area contributed by atoms with E-state index < -0.39 is 149 Å². The summed E-state index contributed by atoms with van der Waals surface area (Å²) in [6.07, 6.45) is -32.1. The second-order valence-corrected chi connectivity index (χ2v) is 11.2. The van der Waals surface area contributed by atoms with Gasteiger partial charge in [-0.2, -0.15) is 0 Å². The molecule has 0 aromatic carbocycles. The number of aliphatic hydroxyl groups excluding tert-OH is 14. The highest BCUT2D eigenvalue weighted by Gasteiger charge is 2.59. The third-order valence-electron chi connectivity index (χ3n) is 8.28. The van der Waals surface area contributed by atoms with Crippen LogP contribution >= 0.6 is 0 Å². The topological polar surface area (TPSA) is 348 Å².